The first-order chi connectivity index (χ1) is 14.0. The molecule has 5 nitrogen and oxygen atoms in total. The first kappa shape index (κ1) is 20.0. The van der Waals surface area contributed by atoms with Gasteiger partial charge in [-0.1, -0.05) is 72.8 Å². The molecule has 0 spiro atoms. The van der Waals surface area contributed by atoms with Gasteiger partial charge in [-0.3, -0.25) is 9.59 Å². The van der Waals surface area contributed by atoms with E-state index in [9.17, 15) is 14.4 Å². The third-order valence-corrected chi connectivity index (χ3v) is 4.38. The summed E-state index contributed by atoms with van der Waals surface area (Å²) in [5.41, 5.74) is 2.28. The average molecular weight is 387 g/mol. The van der Waals surface area contributed by atoms with Gasteiger partial charge in [0.05, 0.1) is 5.56 Å². The summed E-state index contributed by atoms with van der Waals surface area (Å²) in [4.78, 5) is 36.9. The Morgan fingerprint density at radius 1 is 0.759 bits per heavy atom. The van der Waals surface area contributed by atoms with Crippen LogP contribution in [0.1, 0.15) is 38.8 Å². The molecule has 1 amide bonds. The number of carbonyl (C=O) groups excluding carboxylic acids is 3. The first-order valence-electron chi connectivity index (χ1n) is 9.27. The van der Waals surface area contributed by atoms with Crippen LogP contribution in [0.3, 0.4) is 0 Å². The van der Waals surface area contributed by atoms with E-state index in [0.717, 1.165) is 5.56 Å². The zero-order valence-electron chi connectivity index (χ0n) is 16.0. The zero-order valence-corrected chi connectivity index (χ0v) is 16.0. The standard InChI is InChI=1S/C24H21NO4/c1-17(23(27)25-16-18-8-4-2-5-9-18)29-24(28)21-14-12-20(13-15-21)22(26)19-10-6-3-7-11-19/h2-15,17H,16H2,1H3,(H,25,27)/t17-/m1/s1. The second kappa shape index (κ2) is 9.46. The molecule has 0 saturated heterocycles. The molecular formula is C24H21NO4. The topological polar surface area (TPSA) is 72.5 Å². The highest BCUT2D eigenvalue weighted by atomic mass is 16.5. The summed E-state index contributed by atoms with van der Waals surface area (Å²) in [6.45, 7) is 1.88. The third-order valence-electron chi connectivity index (χ3n) is 4.38. The van der Waals surface area contributed by atoms with E-state index in [2.05, 4.69) is 5.32 Å². The van der Waals surface area contributed by atoms with Crippen LogP contribution >= 0.6 is 0 Å². The van der Waals surface area contributed by atoms with Crippen molar-refractivity contribution in [2.45, 2.75) is 19.6 Å². The van der Waals surface area contributed by atoms with E-state index in [0.29, 0.717) is 17.7 Å². The molecule has 0 aliphatic carbocycles. The minimum atomic E-state index is -0.933. The molecule has 3 aromatic rings. The molecule has 1 atom stereocenters. The van der Waals surface area contributed by atoms with E-state index in [-0.39, 0.29) is 17.3 Å². The van der Waals surface area contributed by atoms with Gasteiger partial charge in [0, 0.05) is 17.7 Å². The fraction of sp³-hybridized carbons (Fsp3) is 0.125. The smallest absolute Gasteiger partial charge is 0.338 e. The molecule has 29 heavy (non-hydrogen) atoms. The molecule has 0 unspecified atom stereocenters. The number of rotatable bonds is 7. The number of nitrogens with one attached hydrogen (secondary N) is 1. The molecule has 0 saturated carbocycles. The molecule has 5 heteroatoms. The number of amides is 1. The fourth-order valence-electron chi connectivity index (χ4n) is 2.72. The predicted molar refractivity (Wildman–Crippen MR) is 109 cm³/mol. The molecule has 0 aliphatic heterocycles. The summed E-state index contributed by atoms with van der Waals surface area (Å²) >= 11 is 0. The average Bonchev–Trinajstić information content (AvgIpc) is 2.78. The van der Waals surface area contributed by atoms with Crippen molar-refractivity contribution in [1.82, 2.24) is 5.32 Å². The van der Waals surface area contributed by atoms with Gasteiger partial charge in [-0.05, 0) is 24.6 Å². The predicted octanol–water partition coefficient (Wildman–Crippen LogP) is 3.78. The number of carbonyl (C=O) groups is 3. The highest BCUT2D eigenvalue weighted by Gasteiger charge is 2.19. The lowest BCUT2D eigenvalue weighted by molar-refractivity contribution is -0.129. The molecule has 0 bridgehead atoms. The fourth-order valence-corrected chi connectivity index (χ4v) is 2.72. The van der Waals surface area contributed by atoms with Gasteiger partial charge < -0.3 is 10.1 Å². The van der Waals surface area contributed by atoms with Crippen molar-refractivity contribution in [3.8, 4) is 0 Å². The van der Waals surface area contributed by atoms with Crippen LogP contribution in [0.25, 0.3) is 0 Å². The van der Waals surface area contributed by atoms with Crippen molar-refractivity contribution in [2.24, 2.45) is 0 Å². The SMILES string of the molecule is C[C@@H](OC(=O)c1ccc(C(=O)c2ccccc2)cc1)C(=O)NCc1ccccc1. The molecule has 1 N–H and O–H groups in total. The number of benzene rings is 3. The normalized spacial score (nSPS) is 11.3. The Balaban J connectivity index is 1.56. The Bertz CT molecular complexity index is 982. The van der Waals surface area contributed by atoms with Crippen LogP contribution in [0.5, 0.6) is 0 Å². The maximum Gasteiger partial charge on any atom is 0.338 e. The lowest BCUT2D eigenvalue weighted by Crippen LogP contribution is -2.35. The molecule has 0 aliphatic rings. The third kappa shape index (κ3) is 5.39. The van der Waals surface area contributed by atoms with Crippen LogP contribution in [0.15, 0.2) is 84.9 Å². The van der Waals surface area contributed by atoms with E-state index in [1.54, 1.807) is 36.4 Å². The summed E-state index contributed by atoms with van der Waals surface area (Å²) in [5, 5.41) is 2.74. The summed E-state index contributed by atoms with van der Waals surface area (Å²) in [5.74, 6) is -1.12. The Labute approximate surface area is 169 Å². The monoisotopic (exact) mass is 387 g/mol. The van der Waals surface area contributed by atoms with Crippen LogP contribution in [-0.2, 0) is 16.1 Å². The summed E-state index contributed by atoms with van der Waals surface area (Å²) in [6, 6.07) is 24.6. The summed E-state index contributed by atoms with van der Waals surface area (Å²) in [6.07, 6.45) is -0.933. The van der Waals surface area contributed by atoms with E-state index >= 15 is 0 Å². The van der Waals surface area contributed by atoms with Gasteiger partial charge in [-0.15, -0.1) is 0 Å². The minimum Gasteiger partial charge on any atom is -0.449 e. The van der Waals surface area contributed by atoms with Crippen LogP contribution < -0.4 is 5.32 Å². The van der Waals surface area contributed by atoms with Gasteiger partial charge in [-0.2, -0.15) is 0 Å². The minimum absolute atomic E-state index is 0.126. The largest absolute Gasteiger partial charge is 0.449 e. The summed E-state index contributed by atoms with van der Waals surface area (Å²) < 4.78 is 5.24. The lowest BCUT2D eigenvalue weighted by Gasteiger charge is -2.13. The van der Waals surface area contributed by atoms with E-state index < -0.39 is 12.1 Å². The van der Waals surface area contributed by atoms with Gasteiger partial charge in [0.25, 0.3) is 5.91 Å². The van der Waals surface area contributed by atoms with Crippen LogP contribution in [0.2, 0.25) is 0 Å². The number of ether oxygens (including phenoxy) is 1. The quantitative estimate of drug-likeness (QED) is 0.495. The Morgan fingerprint density at radius 2 is 1.28 bits per heavy atom. The van der Waals surface area contributed by atoms with E-state index in [1.165, 1.54) is 19.1 Å². The molecule has 3 aromatic carbocycles. The lowest BCUT2D eigenvalue weighted by atomic mass is 10.0. The maximum absolute atomic E-state index is 12.4. The van der Waals surface area contributed by atoms with Gasteiger partial charge in [0.1, 0.15) is 0 Å². The molecule has 146 valence electrons. The second-order valence-electron chi connectivity index (χ2n) is 6.52. The number of esters is 1. The molecule has 0 fully saturated rings. The zero-order chi connectivity index (χ0) is 20.6. The van der Waals surface area contributed by atoms with Gasteiger partial charge in [0.15, 0.2) is 11.9 Å². The van der Waals surface area contributed by atoms with Gasteiger partial charge in [-0.25, -0.2) is 4.79 Å². The number of hydrogen-bond donors (Lipinski definition) is 1. The molecule has 0 aromatic heterocycles. The van der Waals surface area contributed by atoms with Crippen molar-refractivity contribution in [1.29, 1.82) is 0 Å². The van der Waals surface area contributed by atoms with Crippen molar-refractivity contribution in [3.63, 3.8) is 0 Å². The first-order valence-corrected chi connectivity index (χ1v) is 9.27. The molecule has 3 rings (SSSR count). The molecule has 0 heterocycles. The van der Waals surface area contributed by atoms with Crippen LogP contribution in [-0.4, -0.2) is 23.8 Å². The van der Waals surface area contributed by atoms with Gasteiger partial charge in [0.2, 0.25) is 0 Å². The van der Waals surface area contributed by atoms with Gasteiger partial charge >= 0.3 is 5.97 Å². The van der Waals surface area contributed by atoms with E-state index in [1.807, 2.05) is 36.4 Å². The highest BCUT2D eigenvalue weighted by Crippen LogP contribution is 2.12. The van der Waals surface area contributed by atoms with Crippen molar-refractivity contribution < 1.29 is 19.1 Å². The molecular weight excluding hydrogens is 366 g/mol. The maximum atomic E-state index is 12.4. The van der Waals surface area contributed by atoms with Crippen LogP contribution in [0.4, 0.5) is 0 Å². The number of hydrogen-bond acceptors (Lipinski definition) is 4. The Hall–Kier alpha value is -3.73. The number of ketones is 1. The Morgan fingerprint density at radius 3 is 1.90 bits per heavy atom. The van der Waals surface area contributed by atoms with E-state index in [4.69, 9.17) is 4.74 Å². The summed E-state index contributed by atoms with van der Waals surface area (Å²) in [7, 11) is 0. The molecule has 0 radical (unpaired) electrons. The highest BCUT2D eigenvalue weighted by molar-refractivity contribution is 6.09. The van der Waals surface area contributed by atoms with Crippen LogP contribution in [0, 0.1) is 0 Å². The van der Waals surface area contributed by atoms with Crippen molar-refractivity contribution >= 4 is 17.7 Å². The van der Waals surface area contributed by atoms with Crippen molar-refractivity contribution in [3.05, 3.63) is 107 Å². The second-order valence-corrected chi connectivity index (χ2v) is 6.52. The van der Waals surface area contributed by atoms with Crippen molar-refractivity contribution in [2.75, 3.05) is 0 Å². The Kier molecular flexibility index (Phi) is 6.53.